The van der Waals surface area contributed by atoms with Gasteiger partial charge < -0.3 is 14.3 Å². The van der Waals surface area contributed by atoms with Crippen LogP contribution in [-0.2, 0) is 20.9 Å². The molecule has 1 saturated heterocycles. The van der Waals surface area contributed by atoms with Crippen LogP contribution in [0.5, 0.6) is 0 Å². The Morgan fingerprint density at radius 1 is 1.14 bits per heavy atom. The topological polar surface area (TPSA) is 52.9 Å². The van der Waals surface area contributed by atoms with Crippen molar-refractivity contribution in [2.75, 3.05) is 13.2 Å². The van der Waals surface area contributed by atoms with E-state index in [0.717, 1.165) is 11.1 Å². The third-order valence-corrected chi connectivity index (χ3v) is 3.07. The standard InChI is InChI=1S/C16H16N2O3/c1-2-5-13(6-3-1)12-21-18-11-15-14(7-4-8-17-15)16-19-9-10-20-16/h1-8,11,16H,9-10,12H2/b18-11-. The zero-order valence-electron chi connectivity index (χ0n) is 11.5. The van der Waals surface area contributed by atoms with E-state index >= 15 is 0 Å². The van der Waals surface area contributed by atoms with Crippen LogP contribution in [0.3, 0.4) is 0 Å². The number of hydrogen-bond acceptors (Lipinski definition) is 5. The predicted octanol–water partition coefficient (Wildman–Crippen LogP) is 2.68. The normalized spacial score (nSPS) is 15.6. The van der Waals surface area contributed by atoms with Gasteiger partial charge in [0.25, 0.3) is 0 Å². The van der Waals surface area contributed by atoms with E-state index in [-0.39, 0.29) is 6.29 Å². The number of ether oxygens (including phenoxy) is 2. The Morgan fingerprint density at radius 3 is 2.76 bits per heavy atom. The Labute approximate surface area is 123 Å². The number of oxime groups is 1. The second kappa shape index (κ2) is 6.97. The van der Waals surface area contributed by atoms with Crippen LogP contribution in [-0.4, -0.2) is 24.4 Å². The van der Waals surface area contributed by atoms with E-state index in [1.807, 2.05) is 42.5 Å². The number of nitrogens with zero attached hydrogens (tertiary/aromatic N) is 2. The molecule has 1 aliphatic heterocycles. The number of aromatic nitrogens is 1. The predicted molar refractivity (Wildman–Crippen MR) is 77.7 cm³/mol. The summed E-state index contributed by atoms with van der Waals surface area (Å²) in [6.45, 7) is 1.62. The Hall–Kier alpha value is -2.24. The van der Waals surface area contributed by atoms with Gasteiger partial charge in [-0.25, -0.2) is 0 Å². The van der Waals surface area contributed by atoms with Crippen molar-refractivity contribution in [1.29, 1.82) is 0 Å². The van der Waals surface area contributed by atoms with Crippen molar-refractivity contribution in [2.24, 2.45) is 5.16 Å². The first-order valence-electron chi connectivity index (χ1n) is 6.81. The summed E-state index contributed by atoms with van der Waals surface area (Å²) in [7, 11) is 0. The highest BCUT2D eigenvalue weighted by Crippen LogP contribution is 2.24. The summed E-state index contributed by atoms with van der Waals surface area (Å²) in [4.78, 5) is 9.57. The van der Waals surface area contributed by atoms with E-state index in [0.29, 0.717) is 25.5 Å². The first-order chi connectivity index (χ1) is 10.4. The van der Waals surface area contributed by atoms with Gasteiger partial charge in [0.1, 0.15) is 6.61 Å². The number of pyridine rings is 1. The maximum atomic E-state index is 5.49. The number of hydrogen-bond donors (Lipinski definition) is 0. The lowest BCUT2D eigenvalue weighted by molar-refractivity contribution is -0.0444. The third-order valence-electron chi connectivity index (χ3n) is 3.07. The van der Waals surface area contributed by atoms with Crippen molar-refractivity contribution in [2.45, 2.75) is 12.9 Å². The molecule has 1 aromatic carbocycles. The molecule has 0 bridgehead atoms. The van der Waals surface area contributed by atoms with Gasteiger partial charge >= 0.3 is 0 Å². The van der Waals surface area contributed by atoms with E-state index in [1.54, 1.807) is 12.4 Å². The minimum atomic E-state index is -0.366. The minimum Gasteiger partial charge on any atom is -0.391 e. The van der Waals surface area contributed by atoms with Gasteiger partial charge in [0.05, 0.1) is 25.1 Å². The zero-order chi connectivity index (χ0) is 14.3. The van der Waals surface area contributed by atoms with Gasteiger partial charge in [-0.15, -0.1) is 0 Å². The molecular formula is C16H16N2O3. The summed E-state index contributed by atoms with van der Waals surface area (Å²) in [5, 5.41) is 3.97. The molecule has 0 aliphatic carbocycles. The van der Waals surface area contributed by atoms with Crippen LogP contribution in [0.1, 0.15) is 23.1 Å². The fourth-order valence-corrected chi connectivity index (χ4v) is 2.05. The van der Waals surface area contributed by atoms with Crippen LogP contribution in [0.25, 0.3) is 0 Å². The summed E-state index contributed by atoms with van der Waals surface area (Å²) >= 11 is 0. The first kappa shape index (κ1) is 13.7. The summed E-state index contributed by atoms with van der Waals surface area (Å²) in [6.07, 6.45) is 2.93. The summed E-state index contributed by atoms with van der Waals surface area (Å²) in [6, 6.07) is 13.6. The van der Waals surface area contributed by atoms with Crippen molar-refractivity contribution in [3.63, 3.8) is 0 Å². The molecule has 1 fully saturated rings. The van der Waals surface area contributed by atoms with Crippen molar-refractivity contribution < 1.29 is 14.3 Å². The van der Waals surface area contributed by atoms with Crippen LogP contribution >= 0.6 is 0 Å². The number of benzene rings is 1. The van der Waals surface area contributed by atoms with Crippen molar-refractivity contribution in [1.82, 2.24) is 4.98 Å². The summed E-state index contributed by atoms with van der Waals surface area (Å²) < 4.78 is 11.0. The maximum Gasteiger partial charge on any atom is 0.186 e. The lowest BCUT2D eigenvalue weighted by Crippen LogP contribution is -2.04. The average Bonchev–Trinajstić information content (AvgIpc) is 3.07. The first-order valence-corrected chi connectivity index (χ1v) is 6.81. The molecule has 0 radical (unpaired) electrons. The largest absolute Gasteiger partial charge is 0.391 e. The van der Waals surface area contributed by atoms with Crippen LogP contribution in [0.2, 0.25) is 0 Å². The molecule has 0 saturated carbocycles. The second-order valence-electron chi connectivity index (χ2n) is 4.54. The highest BCUT2D eigenvalue weighted by molar-refractivity contribution is 5.78. The fraction of sp³-hybridized carbons (Fsp3) is 0.250. The van der Waals surface area contributed by atoms with Gasteiger partial charge in [-0.1, -0.05) is 41.6 Å². The molecule has 0 unspecified atom stereocenters. The van der Waals surface area contributed by atoms with Crippen molar-refractivity contribution in [3.8, 4) is 0 Å². The Kier molecular flexibility index (Phi) is 4.55. The third kappa shape index (κ3) is 3.65. The van der Waals surface area contributed by atoms with E-state index in [4.69, 9.17) is 14.3 Å². The molecule has 1 aromatic heterocycles. The Morgan fingerprint density at radius 2 is 1.95 bits per heavy atom. The Balaban J connectivity index is 1.63. The van der Waals surface area contributed by atoms with Crippen molar-refractivity contribution in [3.05, 3.63) is 65.5 Å². The Bertz CT molecular complexity index is 595. The van der Waals surface area contributed by atoms with E-state index < -0.39 is 0 Å². The lowest BCUT2D eigenvalue weighted by atomic mass is 10.2. The molecule has 108 valence electrons. The average molecular weight is 284 g/mol. The second-order valence-corrected chi connectivity index (χ2v) is 4.54. The monoisotopic (exact) mass is 284 g/mol. The molecule has 2 aromatic rings. The van der Waals surface area contributed by atoms with Gasteiger partial charge in [-0.3, -0.25) is 4.98 Å². The lowest BCUT2D eigenvalue weighted by Gasteiger charge is -2.10. The zero-order valence-corrected chi connectivity index (χ0v) is 11.5. The van der Waals surface area contributed by atoms with Crippen molar-refractivity contribution >= 4 is 6.21 Å². The number of rotatable bonds is 5. The molecule has 0 spiro atoms. The van der Waals surface area contributed by atoms with Crippen LogP contribution in [0, 0.1) is 0 Å². The SMILES string of the molecule is C(=N/OCc1ccccc1)/c1ncccc1C1OCCO1. The quantitative estimate of drug-likeness (QED) is 0.625. The fourth-order valence-electron chi connectivity index (χ4n) is 2.05. The summed E-state index contributed by atoms with van der Waals surface area (Å²) in [5.41, 5.74) is 2.62. The highest BCUT2D eigenvalue weighted by Gasteiger charge is 2.21. The molecule has 5 nitrogen and oxygen atoms in total. The van der Waals surface area contributed by atoms with Crippen LogP contribution < -0.4 is 0 Å². The maximum absolute atomic E-state index is 5.49. The van der Waals surface area contributed by atoms with E-state index in [1.165, 1.54) is 0 Å². The minimum absolute atomic E-state index is 0.366. The molecule has 5 heteroatoms. The molecular weight excluding hydrogens is 268 g/mol. The molecule has 2 heterocycles. The van der Waals surface area contributed by atoms with Crippen LogP contribution in [0.4, 0.5) is 0 Å². The van der Waals surface area contributed by atoms with Crippen LogP contribution in [0.15, 0.2) is 53.8 Å². The van der Waals surface area contributed by atoms with Gasteiger partial charge in [0.15, 0.2) is 6.29 Å². The molecule has 3 rings (SSSR count). The molecule has 1 aliphatic rings. The molecule has 21 heavy (non-hydrogen) atoms. The van der Waals surface area contributed by atoms with Gasteiger partial charge in [0.2, 0.25) is 0 Å². The van der Waals surface area contributed by atoms with Gasteiger partial charge in [0, 0.05) is 11.8 Å². The van der Waals surface area contributed by atoms with Gasteiger partial charge in [-0.2, -0.15) is 0 Å². The van der Waals surface area contributed by atoms with E-state index in [9.17, 15) is 0 Å². The highest BCUT2D eigenvalue weighted by atomic mass is 16.7. The molecule has 0 amide bonds. The van der Waals surface area contributed by atoms with Gasteiger partial charge in [-0.05, 0) is 11.6 Å². The van der Waals surface area contributed by atoms with E-state index in [2.05, 4.69) is 10.1 Å². The molecule has 0 atom stereocenters. The molecule has 0 N–H and O–H groups in total. The summed E-state index contributed by atoms with van der Waals surface area (Å²) in [5.74, 6) is 0. The smallest absolute Gasteiger partial charge is 0.186 e.